The molecule has 0 heterocycles. The Hall–Kier alpha value is -1.42. The zero-order chi connectivity index (χ0) is 12.9. The topological polar surface area (TPSA) is 41.1 Å². The second kappa shape index (κ2) is 5.77. The molecule has 0 saturated heterocycles. The Labute approximate surface area is 101 Å². The molecule has 0 unspecified atom stereocenters. The highest BCUT2D eigenvalue weighted by atomic mass is 19.1. The van der Waals surface area contributed by atoms with E-state index in [2.05, 4.69) is 10.6 Å². The Bertz CT molecular complexity index is 391. The number of hydrogen-bond acceptors (Lipinski definition) is 2. The van der Waals surface area contributed by atoms with Gasteiger partial charge in [-0.3, -0.25) is 4.79 Å². The van der Waals surface area contributed by atoms with Gasteiger partial charge >= 0.3 is 0 Å². The number of nitrogens with one attached hydrogen (secondary N) is 2. The van der Waals surface area contributed by atoms with Crippen LogP contribution in [0.5, 0.6) is 0 Å². The Morgan fingerprint density at radius 3 is 2.71 bits per heavy atom. The lowest BCUT2D eigenvalue weighted by molar-refractivity contribution is -0.122. The number of carbonyl (C=O) groups excluding carboxylic acids is 1. The van der Waals surface area contributed by atoms with E-state index >= 15 is 0 Å². The van der Waals surface area contributed by atoms with E-state index in [0.29, 0.717) is 13.0 Å². The van der Waals surface area contributed by atoms with Crippen LogP contribution in [0, 0.1) is 5.82 Å². The summed E-state index contributed by atoms with van der Waals surface area (Å²) in [6.07, 6.45) is 0.412. The fourth-order valence-electron chi connectivity index (χ4n) is 1.60. The highest BCUT2D eigenvalue weighted by molar-refractivity contribution is 5.77. The summed E-state index contributed by atoms with van der Waals surface area (Å²) in [7, 11) is 1.80. The first-order valence-electron chi connectivity index (χ1n) is 5.67. The summed E-state index contributed by atoms with van der Waals surface area (Å²) in [4.78, 5) is 11.6. The normalized spacial score (nSPS) is 11.3. The minimum absolute atomic E-state index is 0.0476. The molecular formula is C13H19FN2O. The molecule has 0 bridgehead atoms. The molecule has 4 heteroatoms. The van der Waals surface area contributed by atoms with Crippen molar-refractivity contribution in [3.63, 3.8) is 0 Å². The summed E-state index contributed by atoms with van der Waals surface area (Å²) >= 11 is 0. The van der Waals surface area contributed by atoms with Gasteiger partial charge in [0, 0.05) is 13.0 Å². The Kier molecular flexibility index (Phi) is 4.63. The average molecular weight is 238 g/mol. The van der Waals surface area contributed by atoms with Gasteiger partial charge in [-0.05, 0) is 38.6 Å². The molecule has 0 aliphatic carbocycles. The standard InChI is InChI=1S/C13H19FN2O/c1-13(2,16-12(17)7-8-15-3)10-5-4-6-11(14)9-10/h4-6,9,15H,7-8H2,1-3H3,(H,16,17). The highest BCUT2D eigenvalue weighted by Crippen LogP contribution is 2.20. The predicted molar refractivity (Wildman–Crippen MR) is 66.1 cm³/mol. The van der Waals surface area contributed by atoms with E-state index in [1.165, 1.54) is 12.1 Å². The van der Waals surface area contributed by atoms with E-state index in [-0.39, 0.29) is 11.7 Å². The van der Waals surface area contributed by atoms with Crippen molar-refractivity contribution in [2.24, 2.45) is 0 Å². The molecule has 1 aromatic rings. The lowest BCUT2D eigenvalue weighted by Gasteiger charge is -2.27. The molecule has 0 fully saturated rings. The Balaban J connectivity index is 2.71. The number of hydrogen-bond donors (Lipinski definition) is 2. The summed E-state index contributed by atoms with van der Waals surface area (Å²) in [6, 6.07) is 6.29. The largest absolute Gasteiger partial charge is 0.347 e. The van der Waals surface area contributed by atoms with Crippen molar-refractivity contribution in [2.75, 3.05) is 13.6 Å². The van der Waals surface area contributed by atoms with Crippen molar-refractivity contribution < 1.29 is 9.18 Å². The fraction of sp³-hybridized carbons (Fsp3) is 0.462. The van der Waals surface area contributed by atoms with Crippen LogP contribution in [0.4, 0.5) is 4.39 Å². The molecule has 0 atom stereocenters. The molecule has 1 rings (SSSR count). The summed E-state index contributed by atoms with van der Waals surface area (Å²) < 4.78 is 13.1. The van der Waals surface area contributed by atoms with Gasteiger partial charge in [-0.25, -0.2) is 4.39 Å². The first-order valence-corrected chi connectivity index (χ1v) is 5.67. The molecule has 94 valence electrons. The molecule has 0 spiro atoms. The lowest BCUT2D eigenvalue weighted by atomic mass is 9.94. The van der Waals surface area contributed by atoms with Crippen LogP contribution in [0.1, 0.15) is 25.8 Å². The molecule has 17 heavy (non-hydrogen) atoms. The van der Waals surface area contributed by atoms with Gasteiger partial charge in [0.05, 0.1) is 5.54 Å². The van der Waals surface area contributed by atoms with Crippen molar-refractivity contribution in [3.8, 4) is 0 Å². The monoisotopic (exact) mass is 238 g/mol. The second-order valence-corrected chi connectivity index (χ2v) is 4.54. The summed E-state index contributed by atoms with van der Waals surface area (Å²) in [6.45, 7) is 4.35. The van der Waals surface area contributed by atoms with Crippen LogP contribution in [-0.2, 0) is 10.3 Å². The summed E-state index contributed by atoms with van der Waals surface area (Å²) in [5.41, 5.74) is 0.197. The van der Waals surface area contributed by atoms with Gasteiger partial charge in [0.15, 0.2) is 0 Å². The molecule has 0 radical (unpaired) electrons. The van der Waals surface area contributed by atoms with Gasteiger partial charge in [-0.15, -0.1) is 0 Å². The van der Waals surface area contributed by atoms with Crippen LogP contribution >= 0.6 is 0 Å². The van der Waals surface area contributed by atoms with Gasteiger partial charge in [0.1, 0.15) is 5.82 Å². The molecule has 0 aliphatic heterocycles. The molecule has 1 aromatic carbocycles. The number of benzene rings is 1. The molecule has 3 nitrogen and oxygen atoms in total. The van der Waals surface area contributed by atoms with Crippen LogP contribution in [-0.4, -0.2) is 19.5 Å². The minimum Gasteiger partial charge on any atom is -0.347 e. The quantitative estimate of drug-likeness (QED) is 0.821. The van der Waals surface area contributed by atoms with Gasteiger partial charge < -0.3 is 10.6 Å². The second-order valence-electron chi connectivity index (χ2n) is 4.54. The third-order valence-electron chi connectivity index (χ3n) is 2.60. The zero-order valence-corrected chi connectivity index (χ0v) is 10.5. The maximum Gasteiger partial charge on any atom is 0.221 e. The van der Waals surface area contributed by atoms with Crippen LogP contribution in [0.25, 0.3) is 0 Å². The number of halogens is 1. The Morgan fingerprint density at radius 2 is 2.12 bits per heavy atom. The lowest BCUT2D eigenvalue weighted by Crippen LogP contribution is -2.41. The van der Waals surface area contributed by atoms with Gasteiger partial charge in [0.2, 0.25) is 5.91 Å². The van der Waals surface area contributed by atoms with Crippen LogP contribution in [0.3, 0.4) is 0 Å². The molecule has 0 aliphatic rings. The third kappa shape index (κ3) is 4.15. The maximum absolute atomic E-state index is 13.1. The number of carbonyl (C=O) groups is 1. The third-order valence-corrected chi connectivity index (χ3v) is 2.60. The minimum atomic E-state index is -0.563. The molecule has 0 saturated carbocycles. The molecule has 0 aromatic heterocycles. The maximum atomic E-state index is 13.1. The predicted octanol–water partition coefficient (Wildman–Crippen LogP) is 1.79. The number of amides is 1. The molecular weight excluding hydrogens is 219 g/mol. The SMILES string of the molecule is CNCCC(=O)NC(C)(C)c1cccc(F)c1. The summed E-state index contributed by atoms with van der Waals surface area (Å²) in [5.74, 6) is -0.339. The van der Waals surface area contributed by atoms with Gasteiger partial charge in [-0.2, -0.15) is 0 Å². The van der Waals surface area contributed by atoms with Gasteiger partial charge in [0.25, 0.3) is 0 Å². The van der Waals surface area contributed by atoms with Crippen molar-refractivity contribution in [1.29, 1.82) is 0 Å². The Morgan fingerprint density at radius 1 is 1.41 bits per heavy atom. The summed E-state index contributed by atoms with van der Waals surface area (Å²) in [5, 5.41) is 5.80. The zero-order valence-electron chi connectivity index (χ0n) is 10.5. The van der Waals surface area contributed by atoms with E-state index in [4.69, 9.17) is 0 Å². The van der Waals surface area contributed by atoms with Crippen LogP contribution < -0.4 is 10.6 Å². The first kappa shape index (κ1) is 13.6. The smallest absolute Gasteiger partial charge is 0.221 e. The molecule has 2 N–H and O–H groups in total. The van der Waals surface area contributed by atoms with Crippen molar-refractivity contribution >= 4 is 5.91 Å². The fourth-order valence-corrected chi connectivity index (χ4v) is 1.60. The van der Waals surface area contributed by atoms with E-state index in [9.17, 15) is 9.18 Å². The van der Waals surface area contributed by atoms with E-state index in [1.807, 2.05) is 13.8 Å². The first-order chi connectivity index (χ1) is 7.95. The van der Waals surface area contributed by atoms with Crippen LogP contribution in [0.15, 0.2) is 24.3 Å². The average Bonchev–Trinajstić information content (AvgIpc) is 2.26. The van der Waals surface area contributed by atoms with Crippen molar-refractivity contribution in [2.45, 2.75) is 25.8 Å². The van der Waals surface area contributed by atoms with Crippen molar-refractivity contribution in [3.05, 3.63) is 35.6 Å². The van der Waals surface area contributed by atoms with E-state index in [1.54, 1.807) is 19.2 Å². The number of rotatable bonds is 5. The van der Waals surface area contributed by atoms with E-state index < -0.39 is 5.54 Å². The van der Waals surface area contributed by atoms with E-state index in [0.717, 1.165) is 5.56 Å². The highest BCUT2D eigenvalue weighted by Gasteiger charge is 2.22. The van der Waals surface area contributed by atoms with Gasteiger partial charge in [-0.1, -0.05) is 12.1 Å². The van der Waals surface area contributed by atoms with Crippen molar-refractivity contribution in [1.82, 2.24) is 10.6 Å². The molecule has 1 amide bonds. The van der Waals surface area contributed by atoms with Crippen LogP contribution in [0.2, 0.25) is 0 Å².